The molecule has 0 spiro atoms. The highest BCUT2D eigenvalue weighted by Gasteiger charge is 2.30. The molecule has 4 rings (SSSR count). The van der Waals surface area contributed by atoms with Gasteiger partial charge in [-0.3, -0.25) is 4.79 Å². The fourth-order valence-corrected chi connectivity index (χ4v) is 4.44. The van der Waals surface area contributed by atoms with Crippen LogP contribution in [-0.4, -0.2) is 59.0 Å². The lowest BCUT2D eigenvalue weighted by Crippen LogP contribution is -2.42. The third-order valence-electron chi connectivity index (χ3n) is 5.06. The highest BCUT2D eigenvalue weighted by atomic mass is 32.2. The van der Waals surface area contributed by atoms with Crippen LogP contribution in [0, 0.1) is 0 Å². The maximum atomic E-state index is 13.3. The van der Waals surface area contributed by atoms with E-state index in [1.165, 1.54) is 11.8 Å². The largest absolute Gasteiger partial charge is 0.497 e. The Morgan fingerprint density at radius 3 is 2.43 bits per heavy atom. The molecule has 1 atom stereocenters. The Morgan fingerprint density at radius 2 is 1.77 bits per heavy atom. The van der Waals surface area contributed by atoms with Gasteiger partial charge in [0.25, 0.3) is 0 Å². The summed E-state index contributed by atoms with van der Waals surface area (Å²) in [4.78, 5) is 15.2. The van der Waals surface area contributed by atoms with Crippen molar-refractivity contribution >= 4 is 17.7 Å². The zero-order valence-corrected chi connectivity index (χ0v) is 17.8. The first kappa shape index (κ1) is 20.4. The molecule has 7 nitrogen and oxygen atoms in total. The molecule has 3 aromatic rings. The quantitative estimate of drug-likeness (QED) is 0.566. The van der Waals surface area contributed by atoms with Crippen LogP contribution in [0.4, 0.5) is 0 Å². The van der Waals surface area contributed by atoms with Gasteiger partial charge in [-0.05, 0) is 29.8 Å². The van der Waals surface area contributed by atoms with Crippen LogP contribution in [-0.2, 0) is 16.6 Å². The van der Waals surface area contributed by atoms with Gasteiger partial charge in [-0.15, -0.1) is 10.2 Å². The SMILES string of the molecule is COc1ccc(-c2nnc(S[C@@H](C(=O)N3CCOCC3)c3ccccc3)n2C)cc1. The number of nitrogens with zero attached hydrogens (tertiary/aromatic N) is 4. The second-order valence-electron chi connectivity index (χ2n) is 6.94. The molecule has 0 N–H and O–H groups in total. The predicted octanol–water partition coefficient (Wildman–Crippen LogP) is 3.18. The standard InChI is InChI=1S/C22H24N4O3S/c1-25-20(17-8-10-18(28-2)11-9-17)23-24-22(25)30-19(16-6-4-3-5-7-16)21(27)26-12-14-29-15-13-26/h3-11,19H,12-15H2,1-2H3/t19-/m1/s1. The van der Waals surface area contributed by atoms with E-state index >= 15 is 0 Å². The fraction of sp³-hybridized carbons (Fsp3) is 0.318. The third-order valence-corrected chi connectivity index (χ3v) is 6.33. The molecule has 1 aliphatic heterocycles. The minimum absolute atomic E-state index is 0.0727. The third kappa shape index (κ3) is 4.34. The summed E-state index contributed by atoms with van der Waals surface area (Å²) >= 11 is 1.43. The highest BCUT2D eigenvalue weighted by Crippen LogP contribution is 2.37. The molecule has 8 heteroatoms. The van der Waals surface area contributed by atoms with Crippen molar-refractivity contribution in [3.8, 4) is 17.1 Å². The Bertz CT molecular complexity index is 985. The number of thioether (sulfide) groups is 1. The number of rotatable bonds is 6. The smallest absolute Gasteiger partial charge is 0.240 e. The van der Waals surface area contributed by atoms with E-state index in [1.54, 1.807) is 7.11 Å². The first-order chi connectivity index (χ1) is 14.7. The molecule has 30 heavy (non-hydrogen) atoms. The van der Waals surface area contributed by atoms with Gasteiger partial charge in [0.15, 0.2) is 11.0 Å². The van der Waals surface area contributed by atoms with Crippen molar-refractivity contribution < 1.29 is 14.3 Å². The Kier molecular flexibility index (Phi) is 6.35. The van der Waals surface area contributed by atoms with Gasteiger partial charge in [0.2, 0.25) is 5.91 Å². The van der Waals surface area contributed by atoms with Gasteiger partial charge in [0.05, 0.1) is 20.3 Å². The lowest BCUT2D eigenvalue weighted by molar-refractivity contribution is -0.134. The Balaban J connectivity index is 1.61. The summed E-state index contributed by atoms with van der Waals surface area (Å²) in [6.07, 6.45) is 0. The monoisotopic (exact) mass is 424 g/mol. The van der Waals surface area contributed by atoms with Crippen molar-refractivity contribution in [2.45, 2.75) is 10.4 Å². The molecule has 1 aliphatic rings. The molecule has 1 amide bonds. The Hall–Kier alpha value is -2.84. The maximum Gasteiger partial charge on any atom is 0.240 e. The number of carbonyl (C=O) groups is 1. The minimum atomic E-state index is -0.393. The van der Waals surface area contributed by atoms with Crippen LogP contribution in [0.1, 0.15) is 10.8 Å². The molecule has 1 aromatic heterocycles. The van der Waals surface area contributed by atoms with Crippen LogP contribution >= 0.6 is 11.8 Å². The molecule has 0 bridgehead atoms. The molecule has 0 unspecified atom stereocenters. The second-order valence-corrected chi connectivity index (χ2v) is 8.01. The number of hydrogen-bond donors (Lipinski definition) is 0. The molecular weight excluding hydrogens is 400 g/mol. The van der Waals surface area contributed by atoms with Crippen molar-refractivity contribution in [2.75, 3.05) is 33.4 Å². The van der Waals surface area contributed by atoms with Gasteiger partial charge in [-0.1, -0.05) is 42.1 Å². The lowest BCUT2D eigenvalue weighted by atomic mass is 10.1. The number of amides is 1. The van der Waals surface area contributed by atoms with Gasteiger partial charge in [-0.2, -0.15) is 0 Å². The van der Waals surface area contributed by atoms with E-state index in [4.69, 9.17) is 9.47 Å². The maximum absolute atomic E-state index is 13.3. The number of hydrogen-bond acceptors (Lipinski definition) is 6. The molecule has 156 valence electrons. The summed E-state index contributed by atoms with van der Waals surface area (Å²) in [7, 11) is 3.56. The van der Waals surface area contributed by atoms with Gasteiger partial charge in [0.1, 0.15) is 11.0 Å². The van der Waals surface area contributed by atoms with Gasteiger partial charge in [0, 0.05) is 25.7 Å². The van der Waals surface area contributed by atoms with Gasteiger partial charge < -0.3 is 18.9 Å². The Morgan fingerprint density at radius 1 is 1.07 bits per heavy atom. The van der Waals surface area contributed by atoms with Crippen LogP contribution in [0.5, 0.6) is 5.75 Å². The van der Waals surface area contributed by atoms with Crippen LogP contribution < -0.4 is 4.74 Å². The molecular formula is C22H24N4O3S. The number of carbonyl (C=O) groups excluding carboxylic acids is 1. The topological polar surface area (TPSA) is 69.5 Å². The zero-order chi connectivity index (χ0) is 20.9. The van der Waals surface area contributed by atoms with Crippen LogP contribution in [0.25, 0.3) is 11.4 Å². The van der Waals surface area contributed by atoms with Crippen LogP contribution in [0.3, 0.4) is 0 Å². The normalized spacial score (nSPS) is 15.1. The van der Waals surface area contributed by atoms with Gasteiger partial charge in [-0.25, -0.2) is 0 Å². The summed E-state index contributed by atoms with van der Waals surface area (Å²) in [5.41, 5.74) is 1.89. The fourth-order valence-electron chi connectivity index (χ4n) is 3.35. The average molecular weight is 425 g/mol. The first-order valence-electron chi connectivity index (χ1n) is 9.79. The summed E-state index contributed by atoms with van der Waals surface area (Å²) in [5.74, 6) is 1.60. The molecule has 0 radical (unpaired) electrons. The van der Waals surface area contributed by atoms with E-state index in [0.29, 0.717) is 31.5 Å². The second kappa shape index (κ2) is 9.32. The zero-order valence-electron chi connectivity index (χ0n) is 17.0. The number of methoxy groups -OCH3 is 1. The van der Waals surface area contributed by atoms with E-state index in [-0.39, 0.29) is 5.91 Å². The van der Waals surface area contributed by atoms with E-state index in [9.17, 15) is 4.79 Å². The molecule has 2 heterocycles. The summed E-state index contributed by atoms with van der Waals surface area (Å²) < 4.78 is 12.6. The predicted molar refractivity (Wildman–Crippen MR) is 115 cm³/mol. The van der Waals surface area contributed by atoms with Crippen molar-refractivity contribution in [2.24, 2.45) is 7.05 Å². The molecule has 0 aliphatic carbocycles. The number of ether oxygens (including phenoxy) is 2. The van der Waals surface area contributed by atoms with Crippen molar-refractivity contribution in [1.82, 2.24) is 19.7 Å². The molecule has 0 saturated carbocycles. The lowest BCUT2D eigenvalue weighted by Gasteiger charge is -2.30. The van der Waals surface area contributed by atoms with Crippen molar-refractivity contribution in [3.05, 3.63) is 60.2 Å². The highest BCUT2D eigenvalue weighted by molar-refractivity contribution is 8.00. The number of aromatic nitrogens is 3. The first-order valence-corrected chi connectivity index (χ1v) is 10.7. The number of morpholine rings is 1. The van der Waals surface area contributed by atoms with Crippen LogP contribution in [0.2, 0.25) is 0 Å². The average Bonchev–Trinajstić information content (AvgIpc) is 3.18. The van der Waals surface area contributed by atoms with E-state index in [2.05, 4.69) is 10.2 Å². The minimum Gasteiger partial charge on any atom is -0.497 e. The van der Waals surface area contributed by atoms with E-state index < -0.39 is 5.25 Å². The van der Waals surface area contributed by atoms with Crippen molar-refractivity contribution in [1.29, 1.82) is 0 Å². The van der Waals surface area contributed by atoms with Gasteiger partial charge >= 0.3 is 0 Å². The molecule has 2 aromatic carbocycles. The summed E-state index contributed by atoms with van der Waals surface area (Å²) in [6, 6.07) is 17.5. The summed E-state index contributed by atoms with van der Waals surface area (Å²) in [5, 5.41) is 9.04. The van der Waals surface area contributed by atoms with Crippen molar-refractivity contribution in [3.63, 3.8) is 0 Å². The van der Waals surface area contributed by atoms with E-state index in [1.807, 2.05) is 71.1 Å². The summed E-state index contributed by atoms with van der Waals surface area (Å²) in [6.45, 7) is 2.37. The Labute approximate surface area is 180 Å². The molecule has 1 fully saturated rings. The van der Waals surface area contributed by atoms with Crippen LogP contribution in [0.15, 0.2) is 59.8 Å². The van der Waals surface area contributed by atoms with E-state index in [0.717, 1.165) is 22.7 Å². The molecule has 1 saturated heterocycles. The number of benzene rings is 2.